The lowest BCUT2D eigenvalue weighted by Gasteiger charge is -2.36. The number of pyridine rings is 1. The third-order valence-electron chi connectivity index (χ3n) is 5.55. The van der Waals surface area contributed by atoms with Crippen LogP contribution in [0.3, 0.4) is 0 Å². The van der Waals surface area contributed by atoms with Crippen LogP contribution in [0, 0.1) is 0 Å². The number of piperazine rings is 1. The third-order valence-corrected chi connectivity index (χ3v) is 5.55. The number of amides is 4. The molecule has 13 nitrogen and oxygen atoms in total. The number of aromatic nitrogens is 3. The van der Waals surface area contributed by atoms with Gasteiger partial charge in [-0.15, -0.1) is 0 Å². The van der Waals surface area contributed by atoms with E-state index in [9.17, 15) is 19.2 Å². The first-order valence-electron chi connectivity index (χ1n) is 11.8. The van der Waals surface area contributed by atoms with Gasteiger partial charge in [0.15, 0.2) is 11.5 Å². The van der Waals surface area contributed by atoms with E-state index in [2.05, 4.69) is 20.2 Å². The van der Waals surface area contributed by atoms with E-state index >= 15 is 0 Å². The highest BCUT2D eigenvalue weighted by Crippen LogP contribution is 2.20. The Morgan fingerprint density at radius 2 is 1.76 bits per heavy atom. The summed E-state index contributed by atoms with van der Waals surface area (Å²) < 4.78 is 6.83. The number of carbonyl (C=O) groups excluding carboxylic acids is 4. The van der Waals surface area contributed by atoms with Crippen molar-refractivity contribution in [2.75, 3.05) is 62.4 Å². The topological polar surface area (TPSA) is 133 Å². The zero-order chi connectivity index (χ0) is 27.3. The summed E-state index contributed by atoms with van der Waals surface area (Å²) in [6.45, 7) is 7.67. The molecule has 3 heterocycles. The average molecular weight is 515 g/mol. The van der Waals surface area contributed by atoms with Crippen molar-refractivity contribution in [2.24, 2.45) is 0 Å². The molecule has 0 spiro atoms. The maximum atomic E-state index is 12.7. The molecular formula is C24H34N8O5. The number of rotatable bonds is 7. The summed E-state index contributed by atoms with van der Waals surface area (Å²) in [6.07, 6.45) is 3.23. The molecule has 200 valence electrons. The van der Waals surface area contributed by atoms with Crippen molar-refractivity contribution in [1.82, 2.24) is 24.3 Å². The smallest absolute Gasteiger partial charge is 0.410 e. The summed E-state index contributed by atoms with van der Waals surface area (Å²) in [6, 6.07) is 3.54. The number of nitrogens with zero attached hydrogens (tertiary/aromatic N) is 7. The summed E-state index contributed by atoms with van der Waals surface area (Å²) >= 11 is 0. The molecule has 0 radical (unpaired) electrons. The van der Waals surface area contributed by atoms with Gasteiger partial charge in [0.2, 0.25) is 12.3 Å². The molecule has 37 heavy (non-hydrogen) atoms. The van der Waals surface area contributed by atoms with Gasteiger partial charge in [-0.05, 0) is 32.9 Å². The lowest BCUT2D eigenvalue weighted by atomic mass is 10.2. The van der Waals surface area contributed by atoms with Gasteiger partial charge in [-0.3, -0.25) is 14.4 Å². The van der Waals surface area contributed by atoms with Gasteiger partial charge in [-0.25, -0.2) is 14.8 Å². The summed E-state index contributed by atoms with van der Waals surface area (Å²) in [5, 5.41) is 2.72. The first kappa shape index (κ1) is 27.4. The fourth-order valence-electron chi connectivity index (χ4n) is 3.69. The lowest BCUT2D eigenvalue weighted by molar-refractivity contribution is -0.116. The van der Waals surface area contributed by atoms with Gasteiger partial charge in [0.05, 0.1) is 18.2 Å². The van der Waals surface area contributed by atoms with Gasteiger partial charge in [-0.2, -0.15) is 0 Å². The van der Waals surface area contributed by atoms with Crippen LogP contribution in [0.4, 0.5) is 22.1 Å². The fraction of sp³-hybridized carbons (Fsp3) is 0.500. The second-order valence-corrected chi connectivity index (χ2v) is 9.86. The lowest BCUT2D eigenvalue weighted by Crippen LogP contribution is -2.50. The summed E-state index contributed by atoms with van der Waals surface area (Å²) in [7, 11) is 4.63. The number of hydrogen-bond acceptors (Lipinski definition) is 8. The molecule has 0 aliphatic carbocycles. The van der Waals surface area contributed by atoms with Gasteiger partial charge in [-0.1, -0.05) is 0 Å². The summed E-state index contributed by atoms with van der Waals surface area (Å²) in [5.74, 6) is -0.275. The molecule has 1 aliphatic rings. The molecule has 2 aromatic rings. The Labute approximate surface area is 216 Å². The molecule has 1 fully saturated rings. The molecule has 0 atom stereocenters. The van der Waals surface area contributed by atoms with Crippen LogP contribution < -0.4 is 15.1 Å². The van der Waals surface area contributed by atoms with Crippen molar-refractivity contribution in [3.63, 3.8) is 0 Å². The van der Waals surface area contributed by atoms with Crippen molar-refractivity contribution in [3.05, 3.63) is 30.4 Å². The minimum Gasteiger partial charge on any atom is -0.444 e. The molecule has 0 aromatic carbocycles. The molecule has 1 saturated heterocycles. The highest BCUT2D eigenvalue weighted by Gasteiger charge is 2.26. The minimum absolute atomic E-state index is 0.128. The number of anilines is 3. The van der Waals surface area contributed by atoms with Crippen LogP contribution in [0.25, 0.3) is 0 Å². The molecule has 1 aliphatic heterocycles. The number of carbonyl (C=O) groups is 4. The molecular weight excluding hydrogens is 480 g/mol. The Morgan fingerprint density at radius 1 is 1.08 bits per heavy atom. The number of imidazole rings is 1. The number of ether oxygens (including phenoxy) is 1. The Morgan fingerprint density at radius 3 is 2.30 bits per heavy atom. The zero-order valence-electron chi connectivity index (χ0n) is 22.1. The Kier molecular flexibility index (Phi) is 8.35. The van der Waals surface area contributed by atoms with E-state index in [1.54, 1.807) is 31.3 Å². The van der Waals surface area contributed by atoms with Gasteiger partial charge in [0, 0.05) is 47.3 Å². The number of nitrogens with one attached hydrogen (secondary N) is 1. The fourth-order valence-corrected chi connectivity index (χ4v) is 3.69. The second kappa shape index (κ2) is 11.3. The van der Waals surface area contributed by atoms with E-state index < -0.39 is 11.5 Å². The summed E-state index contributed by atoms with van der Waals surface area (Å²) in [5.41, 5.74) is 0.467. The van der Waals surface area contributed by atoms with Gasteiger partial charge >= 0.3 is 6.09 Å². The zero-order valence-corrected chi connectivity index (χ0v) is 22.1. The maximum Gasteiger partial charge on any atom is 0.410 e. The third kappa shape index (κ3) is 6.96. The van der Waals surface area contributed by atoms with Crippen LogP contribution in [0.1, 0.15) is 31.3 Å². The Hall–Kier alpha value is -4.16. The van der Waals surface area contributed by atoms with E-state index in [4.69, 9.17) is 4.74 Å². The van der Waals surface area contributed by atoms with E-state index in [0.717, 1.165) is 5.69 Å². The van der Waals surface area contributed by atoms with Gasteiger partial charge < -0.3 is 34.2 Å². The monoisotopic (exact) mass is 514 g/mol. The maximum absolute atomic E-state index is 12.7. The average Bonchev–Trinajstić information content (AvgIpc) is 3.25. The van der Waals surface area contributed by atoms with Gasteiger partial charge in [0.1, 0.15) is 18.0 Å². The van der Waals surface area contributed by atoms with Crippen molar-refractivity contribution in [2.45, 2.75) is 32.9 Å². The molecule has 13 heteroatoms. The van der Waals surface area contributed by atoms with Crippen LogP contribution in [-0.4, -0.2) is 102 Å². The quantitative estimate of drug-likeness (QED) is 0.546. The van der Waals surface area contributed by atoms with E-state index in [1.807, 2.05) is 26.8 Å². The summed E-state index contributed by atoms with van der Waals surface area (Å²) in [4.78, 5) is 63.6. The second-order valence-electron chi connectivity index (χ2n) is 9.86. The largest absolute Gasteiger partial charge is 0.444 e. The Bertz CT molecular complexity index is 1130. The predicted octanol–water partition coefficient (Wildman–Crippen LogP) is 1.27. The predicted molar refractivity (Wildman–Crippen MR) is 138 cm³/mol. The molecule has 1 N–H and O–H groups in total. The van der Waals surface area contributed by atoms with Crippen LogP contribution >= 0.6 is 0 Å². The van der Waals surface area contributed by atoms with E-state index in [1.165, 1.54) is 27.7 Å². The van der Waals surface area contributed by atoms with Crippen LogP contribution in [0.15, 0.2) is 24.7 Å². The van der Waals surface area contributed by atoms with Crippen molar-refractivity contribution < 1.29 is 23.9 Å². The van der Waals surface area contributed by atoms with Crippen LogP contribution in [0.5, 0.6) is 0 Å². The van der Waals surface area contributed by atoms with Gasteiger partial charge in [0.25, 0.3) is 5.91 Å². The SMILES string of the molecule is CN(C)C(=O)c1c(N(C)C=O)ncn1CC(=O)Nc1ccc(N2CCN(C(=O)OC(C)(C)C)CC2)cn1. The molecule has 2 aromatic heterocycles. The normalized spacial score (nSPS) is 13.7. The number of hydrogen-bond donors (Lipinski definition) is 1. The highest BCUT2D eigenvalue weighted by molar-refractivity contribution is 6.00. The molecule has 4 amide bonds. The van der Waals surface area contributed by atoms with Crippen molar-refractivity contribution in [1.29, 1.82) is 0 Å². The molecule has 0 bridgehead atoms. The van der Waals surface area contributed by atoms with Crippen molar-refractivity contribution >= 4 is 41.6 Å². The molecule has 3 rings (SSSR count). The van der Waals surface area contributed by atoms with Crippen molar-refractivity contribution in [3.8, 4) is 0 Å². The first-order chi connectivity index (χ1) is 17.4. The standard InChI is InChI=1S/C24H34N8O5/c1-24(2,3)37-23(36)31-11-9-30(10-12-31)17-7-8-18(25-13-17)27-19(34)14-32-15-26-21(29(6)16-33)20(32)22(35)28(4)5/h7-8,13,15-16H,9-12,14H2,1-6H3,(H,25,27,34). The van der Waals surface area contributed by atoms with Crippen LogP contribution in [0.2, 0.25) is 0 Å². The van der Waals surface area contributed by atoms with E-state index in [-0.39, 0.29) is 30.1 Å². The Balaban J connectivity index is 1.60. The van der Waals surface area contributed by atoms with Crippen LogP contribution in [-0.2, 0) is 20.9 Å². The van der Waals surface area contributed by atoms with E-state index in [0.29, 0.717) is 38.4 Å². The highest BCUT2D eigenvalue weighted by atomic mass is 16.6. The molecule has 0 unspecified atom stereocenters. The molecule has 0 saturated carbocycles. The first-order valence-corrected chi connectivity index (χ1v) is 11.8. The minimum atomic E-state index is -0.534.